The van der Waals surface area contributed by atoms with E-state index in [0.29, 0.717) is 5.56 Å². The van der Waals surface area contributed by atoms with Crippen molar-refractivity contribution < 1.29 is 19.1 Å². The Bertz CT molecular complexity index is 674. The second-order valence-electron chi connectivity index (χ2n) is 4.40. The zero-order chi connectivity index (χ0) is 15.9. The van der Waals surface area contributed by atoms with Gasteiger partial charge in [0.15, 0.2) is 0 Å². The Morgan fingerprint density at radius 1 is 0.864 bits per heavy atom. The number of aromatic nitrogens is 1. The van der Waals surface area contributed by atoms with Crippen LogP contribution in [0.3, 0.4) is 0 Å². The fourth-order valence-corrected chi connectivity index (χ4v) is 1.82. The Morgan fingerprint density at radius 2 is 1.36 bits per heavy atom. The number of ether oxygens (including phenoxy) is 2. The number of esters is 2. The average molecular weight is 297 g/mol. The van der Waals surface area contributed by atoms with Crippen molar-refractivity contribution in [3.63, 3.8) is 0 Å². The molecule has 0 fully saturated rings. The normalized spacial score (nSPS) is 10.5. The molecule has 1 heterocycles. The highest BCUT2D eigenvalue weighted by Crippen LogP contribution is 2.13. The number of rotatable bonds is 4. The van der Waals surface area contributed by atoms with Crippen LogP contribution in [0.15, 0.2) is 42.5 Å². The van der Waals surface area contributed by atoms with Gasteiger partial charge in [-0.05, 0) is 23.3 Å². The maximum absolute atomic E-state index is 11.6. The molecule has 0 unspecified atom stereocenters. The molecule has 5 nitrogen and oxygen atoms in total. The fraction of sp³-hybridized carbons (Fsp3) is 0.118. The highest BCUT2D eigenvalue weighted by Gasteiger charge is 2.14. The van der Waals surface area contributed by atoms with Gasteiger partial charge in [-0.3, -0.25) is 0 Å². The van der Waals surface area contributed by atoms with Gasteiger partial charge < -0.3 is 9.47 Å². The summed E-state index contributed by atoms with van der Waals surface area (Å²) in [5.74, 6) is -1.22. The molecule has 112 valence electrons. The predicted octanol–water partition coefficient (Wildman–Crippen LogP) is 2.83. The molecule has 0 aliphatic carbocycles. The molecule has 2 rings (SSSR count). The van der Waals surface area contributed by atoms with Gasteiger partial charge in [0.05, 0.1) is 14.2 Å². The van der Waals surface area contributed by atoms with Crippen molar-refractivity contribution in [3.05, 3.63) is 65.0 Å². The van der Waals surface area contributed by atoms with Crippen molar-refractivity contribution in [2.75, 3.05) is 14.2 Å². The first-order valence-corrected chi connectivity index (χ1v) is 6.56. The Morgan fingerprint density at radius 3 is 1.86 bits per heavy atom. The van der Waals surface area contributed by atoms with Gasteiger partial charge in [0.25, 0.3) is 0 Å². The van der Waals surface area contributed by atoms with E-state index < -0.39 is 11.9 Å². The summed E-state index contributed by atoms with van der Waals surface area (Å²) >= 11 is 0. The summed E-state index contributed by atoms with van der Waals surface area (Å²) in [4.78, 5) is 27.2. The van der Waals surface area contributed by atoms with Crippen LogP contribution in [0.5, 0.6) is 0 Å². The van der Waals surface area contributed by atoms with E-state index >= 15 is 0 Å². The van der Waals surface area contributed by atoms with Crippen LogP contribution in [-0.2, 0) is 9.47 Å². The van der Waals surface area contributed by atoms with Crippen LogP contribution in [0.25, 0.3) is 12.2 Å². The molecule has 1 aromatic carbocycles. The van der Waals surface area contributed by atoms with Crippen LogP contribution in [0.4, 0.5) is 0 Å². The van der Waals surface area contributed by atoms with Gasteiger partial charge >= 0.3 is 11.9 Å². The molecule has 0 aliphatic rings. The lowest BCUT2D eigenvalue weighted by Gasteiger charge is -2.04. The maximum Gasteiger partial charge on any atom is 0.356 e. The first kappa shape index (κ1) is 15.4. The minimum Gasteiger partial charge on any atom is -0.464 e. The van der Waals surface area contributed by atoms with Crippen LogP contribution in [0, 0.1) is 0 Å². The maximum atomic E-state index is 11.6. The topological polar surface area (TPSA) is 65.5 Å². The van der Waals surface area contributed by atoms with Crippen molar-refractivity contribution in [1.29, 1.82) is 0 Å². The summed E-state index contributed by atoms with van der Waals surface area (Å²) in [5, 5.41) is 0. The van der Waals surface area contributed by atoms with Crippen LogP contribution in [0.1, 0.15) is 32.1 Å². The van der Waals surface area contributed by atoms with Gasteiger partial charge in [-0.2, -0.15) is 0 Å². The van der Waals surface area contributed by atoms with Crippen molar-refractivity contribution in [2.45, 2.75) is 0 Å². The summed E-state index contributed by atoms with van der Waals surface area (Å²) in [6, 6.07) is 12.8. The highest BCUT2D eigenvalue weighted by molar-refractivity contribution is 5.93. The lowest BCUT2D eigenvalue weighted by molar-refractivity contribution is 0.0586. The second-order valence-corrected chi connectivity index (χ2v) is 4.40. The number of nitrogens with zero attached hydrogens (tertiary/aromatic N) is 1. The van der Waals surface area contributed by atoms with E-state index in [4.69, 9.17) is 0 Å². The summed E-state index contributed by atoms with van der Waals surface area (Å²) in [5.41, 5.74) is 1.76. The number of carbonyl (C=O) groups excluding carboxylic acids is 2. The second kappa shape index (κ2) is 7.17. The van der Waals surface area contributed by atoms with E-state index in [0.717, 1.165) is 5.56 Å². The van der Waals surface area contributed by atoms with Crippen molar-refractivity contribution in [2.24, 2.45) is 0 Å². The Kier molecular flexibility index (Phi) is 5.03. The minimum atomic E-state index is -0.611. The fourth-order valence-electron chi connectivity index (χ4n) is 1.82. The molecule has 0 atom stereocenters. The number of hydrogen-bond acceptors (Lipinski definition) is 5. The van der Waals surface area contributed by atoms with Gasteiger partial charge in [-0.1, -0.05) is 42.5 Å². The quantitative estimate of drug-likeness (QED) is 0.812. The van der Waals surface area contributed by atoms with E-state index in [1.807, 2.05) is 36.4 Å². The van der Waals surface area contributed by atoms with Gasteiger partial charge in [0.2, 0.25) is 0 Å². The molecule has 0 spiro atoms. The van der Waals surface area contributed by atoms with Gasteiger partial charge in [0.1, 0.15) is 11.4 Å². The number of hydrogen-bond donors (Lipinski definition) is 0. The molecule has 0 bridgehead atoms. The van der Waals surface area contributed by atoms with E-state index in [-0.39, 0.29) is 11.4 Å². The summed E-state index contributed by atoms with van der Waals surface area (Å²) in [6.07, 6.45) is 3.66. The third-order valence-corrected chi connectivity index (χ3v) is 2.90. The molecule has 0 saturated heterocycles. The standard InChI is InChI=1S/C17H15NO4/c1-21-16(19)14-10-13(11-15(18-14)17(20)22-2)9-8-12-6-4-3-5-7-12/h3-11H,1-2H3. The van der Waals surface area contributed by atoms with Crippen LogP contribution >= 0.6 is 0 Å². The van der Waals surface area contributed by atoms with Crippen molar-refractivity contribution >= 4 is 24.1 Å². The largest absolute Gasteiger partial charge is 0.464 e. The molecule has 0 aliphatic heterocycles. The van der Waals surface area contributed by atoms with Gasteiger partial charge in [-0.25, -0.2) is 14.6 Å². The number of pyridine rings is 1. The van der Waals surface area contributed by atoms with Gasteiger partial charge in [-0.15, -0.1) is 0 Å². The highest BCUT2D eigenvalue weighted by atomic mass is 16.5. The molecule has 2 aromatic rings. The third-order valence-electron chi connectivity index (χ3n) is 2.90. The number of methoxy groups -OCH3 is 2. The Balaban J connectivity index is 2.39. The summed E-state index contributed by atoms with van der Waals surface area (Å²) in [6.45, 7) is 0. The first-order chi connectivity index (χ1) is 10.6. The van der Waals surface area contributed by atoms with Crippen LogP contribution < -0.4 is 0 Å². The lowest BCUT2D eigenvalue weighted by atomic mass is 10.1. The van der Waals surface area contributed by atoms with Crippen molar-refractivity contribution in [1.82, 2.24) is 4.98 Å². The van der Waals surface area contributed by atoms with Gasteiger partial charge in [0, 0.05) is 0 Å². The smallest absolute Gasteiger partial charge is 0.356 e. The summed E-state index contributed by atoms with van der Waals surface area (Å²) < 4.78 is 9.29. The molecule has 0 saturated carbocycles. The molecule has 5 heteroatoms. The molecular formula is C17H15NO4. The van der Waals surface area contributed by atoms with E-state index in [1.54, 1.807) is 18.2 Å². The summed E-state index contributed by atoms with van der Waals surface area (Å²) in [7, 11) is 2.52. The SMILES string of the molecule is COC(=O)c1cc(C=Cc2ccccc2)cc(C(=O)OC)n1. The minimum absolute atomic E-state index is 0.0538. The molecule has 0 amide bonds. The first-order valence-electron chi connectivity index (χ1n) is 6.56. The third kappa shape index (κ3) is 3.79. The van der Waals surface area contributed by atoms with E-state index in [2.05, 4.69) is 14.5 Å². The Labute approximate surface area is 128 Å². The molecule has 1 aromatic heterocycles. The zero-order valence-corrected chi connectivity index (χ0v) is 12.3. The Hall–Kier alpha value is -2.95. The molecule has 0 N–H and O–H groups in total. The number of carbonyl (C=O) groups is 2. The molecule has 22 heavy (non-hydrogen) atoms. The van der Waals surface area contributed by atoms with Crippen LogP contribution in [-0.4, -0.2) is 31.1 Å². The monoisotopic (exact) mass is 297 g/mol. The lowest BCUT2D eigenvalue weighted by Crippen LogP contribution is -2.11. The zero-order valence-electron chi connectivity index (χ0n) is 12.3. The average Bonchev–Trinajstić information content (AvgIpc) is 2.59. The van der Waals surface area contributed by atoms with Crippen molar-refractivity contribution in [3.8, 4) is 0 Å². The van der Waals surface area contributed by atoms with E-state index in [1.165, 1.54) is 14.2 Å². The molecular weight excluding hydrogens is 282 g/mol. The predicted molar refractivity (Wildman–Crippen MR) is 82.3 cm³/mol. The van der Waals surface area contributed by atoms with E-state index in [9.17, 15) is 9.59 Å². The molecule has 0 radical (unpaired) electrons. The number of benzene rings is 1. The van der Waals surface area contributed by atoms with Crippen LogP contribution in [0.2, 0.25) is 0 Å².